The molecule has 5 heteroatoms. The third kappa shape index (κ3) is 3.35. The molecule has 0 amide bonds. The van der Waals surface area contributed by atoms with Gasteiger partial charge < -0.3 is 15.2 Å². The Kier molecular flexibility index (Phi) is 5.03. The van der Waals surface area contributed by atoms with Gasteiger partial charge in [0, 0.05) is 19.0 Å². The van der Waals surface area contributed by atoms with Crippen LogP contribution in [-0.4, -0.2) is 37.7 Å². The molecule has 2 aliphatic rings. The number of nitrogens with two attached hydrogens (primary N) is 1. The van der Waals surface area contributed by atoms with Crippen molar-refractivity contribution >= 4 is 15.9 Å². The lowest BCUT2D eigenvalue weighted by molar-refractivity contribution is 0.167. The zero-order chi connectivity index (χ0) is 14.7. The molecule has 1 fully saturated rings. The Morgan fingerprint density at radius 3 is 2.62 bits per heavy atom. The number of hydrogen-bond donors (Lipinski definition) is 1. The summed E-state index contributed by atoms with van der Waals surface area (Å²) in [6.07, 6.45) is 4.78. The van der Waals surface area contributed by atoms with E-state index in [9.17, 15) is 0 Å². The highest BCUT2D eigenvalue weighted by Gasteiger charge is 2.24. The number of fused-ring (bicyclic) bond motifs is 1. The van der Waals surface area contributed by atoms with Crippen LogP contribution in [0.4, 0.5) is 0 Å². The maximum absolute atomic E-state index is 6.06. The van der Waals surface area contributed by atoms with Crippen LogP contribution in [-0.2, 0) is 0 Å². The van der Waals surface area contributed by atoms with Crippen LogP contribution in [0.3, 0.4) is 0 Å². The zero-order valence-corrected chi connectivity index (χ0v) is 13.9. The van der Waals surface area contributed by atoms with Gasteiger partial charge in [-0.05, 0) is 59.6 Å². The molecule has 1 aromatic rings. The van der Waals surface area contributed by atoms with Crippen LogP contribution in [0.25, 0.3) is 0 Å². The minimum atomic E-state index is 0.263. The summed E-state index contributed by atoms with van der Waals surface area (Å²) in [7, 11) is 0. The van der Waals surface area contributed by atoms with Crippen LogP contribution in [0.15, 0.2) is 16.6 Å². The van der Waals surface area contributed by atoms with Gasteiger partial charge in [0.2, 0.25) is 0 Å². The van der Waals surface area contributed by atoms with Crippen LogP contribution in [0.5, 0.6) is 11.5 Å². The third-order valence-corrected chi connectivity index (χ3v) is 4.85. The van der Waals surface area contributed by atoms with Crippen LogP contribution in [0.2, 0.25) is 0 Å². The van der Waals surface area contributed by atoms with Crippen LogP contribution >= 0.6 is 15.9 Å². The molecule has 2 heterocycles. The number of piperidine rings is 1. The van der Waals surface area contributed by atoms with E-state index >= 15 is 0 Å². The van der Waals surface area contributed by atoms with Crippen molar-refractivity contribution in [3.8, 4) is 11.5 Å². The molecule has 4 nitrogen and oxygen atoms in total. The number of rotatable bonds is 3. The lowest BCUT2D eigenvalue weighted by Crippen LogP contribution is -2.37. The highest BCUT2D eigenvalue weighted by atomic mass is 79.9. The smallest absolute Gasteiger partial charge is 0.175 e. The fourth-order valence-corrected chi connectivity index (χ4v) is 3.74. The Labute approximate surface area is 134 Å². The number of halogens is 1. The first-order valence-electron chi connectivity index (χ1n) is 7.83. The topological polar surface area (TPSA) is 47.7 Å². The molecule has 0 aromatic heterocycles. The van der Waals surface area contributed by atoms with Gasteiger partial charge in [-0.3, -0.25) is 4.90 Å². The summed E-state index contributed by atoms with van der Waals surface area (Å²) in [4.78, 5) is 2.50. The average Bonchev–Trinajstić information content (AvgIpc) is 2.75. The van der Waals surface area contributed by atoms with Crippen molar-refractivity contribution < 1.29 is 9.47 Å². The Morgan fingerprint density at radius 1 is 1.10 bits per heavy atom. The number of ether oxygens (including phenoxy) is 2. The van der Waals surface area contributed by atoms with Crippen LogP contribution in [0.1, 0.15) is 37.3 Å². The second-order valence-corrected chi connectivity index (χ2v) is 6.58. The van der Waals surface area contributed by atoms with Gasteiger partial charge in [0.05, 0.1) is 17.7 Å². The zero-order valence-electron chi connectivity index (χ0n) is 12.3. The van der Waals surface area contributed by atoms with E-state index < -0.39 is 0 Å². The molecule has 0 bridgehead atoms. The molecule has 1 saturated heterocycles. The summed E-state index contributed by atoms with van der Waals surface area (Å²) in [5.74, 6) is 1.66. The molecule has 0 saturated carbocycles. The molecule has 0 aliphatic carbocycles. The van der Waals surface area contributed by atoms with Crippen molar-refractivity contribution in [2.24, 2.45) is 5.73 Å². The molecule has 2 aliphatic heterocycles. The Bertz CT molecular complexity index is 489. The molecule has 21 heavy (non-hydrogen) atoms. The summed E-state index contributed by atoms with van der Waals surface area (Å²) >= 11 is 3.62. The monoisotopic (exact) mass is 354 g/mol. The summed E-state index contributed by atoms with van der Waals surface area (Å²) < 4.78 is 12.6. The molecule has 0 spiro atoms. The Hall–Kier alpha value is -0.780. The summed E-state index contributed by atoms with van der Waals surface area (Å²) in [6.45, 7) is 4.31. The maximum Gasteiger partial charge on any atom is 0.175 e. The van der Waals surface area contributed by atoms with Crippen molar-refractivity contribution in [2.75, 3.05) is 32.8 Å². The van der Waals surface area contributed by atoms with Crippen molar-refractivity contribution in [1.82, 2.24) is 4.90 Å². The van der Waals surface area contributed by atoms with E-state index in [2.05, 4.69) is 33.0 Å². The Morgan fingerprint density at radius 2 is 1.86 bits per heavy atom. The number of likely N-dealkylation sites (tertiary alicyclic amines) is 1. The van der Waals surface area contributed by atoms with E-state index in [1.54, 1.807) is 0 Å². The highest BCUT2D eigenvalue weighted by molar-refractivity contribution is 9.10. The maximum atomic E-state index is 6.06. The first kappa shape index (κ1) is 15.1. The summed E-state index contributed by atoms with van der Waals surface area (Å²) in [6, 6.07) is 4.51. The standard InChI is InChI=1S/C16H23BrN2O2/c17-13-9-12(10-15-16(13)21-8-4-7-20-15)14(11-18)19-5-2-1-3-6-19/h9-10,14H,1-8,11,18H2. The summed E-state index contributed by atoms with van der Waals surface area (Å²) in [5, 5.41) is 0. The van der Waals surface area contributed by atoms with Gasteiger partial charge in [-0.15, -0.1) is 0 Å². The van der Waals surface area contributed by atoms with E-state index in [4.69, 9.17) is 15.2 Å². The summed E-state index contributed by atoms with van der Waals surface area (Å²) in [5.41, 5.74) is 7.28. The molecular weight excluding hydrogens is 332 g/mol. The lowest BCUT2D eigenvalue weighted by atomic mass is 10.0. The predicted molar refractivity (Wildman–Crippen MR) is 87.0 cm³/mol. The average molecular weight is 355 g/mol. The molecule has 116 valence electrons. The van der Waals surface area contributed by atoms with Gasteiger partial charge in [-0.2, -0.15) is 0 Å². The van der Waals surface area contributed by atoms with Gasteiger partial charge in [-0.1, -0.05) is 6.42 Å². The molecule has 3 rings (SSSR count). The molecule has 0 radical (unpaired) electrons. The second kappa shape index (κ2) is 6.99. The molecule has 1 aromatic carbocycles. The number of hydrogen-bond acceptors (Lipinski definition) is 4. The minimum Gasteiger partial charge on any atom is -0.490 e. The quantitative estimate of drug-likeness (QED) is 0.905. The Balaban J connectivity index is 1.89. The first-order chi connectivity index (χ1) is 10.3. The van der Waals surface area contributed by atoms with Crippen LogP contribution in [0, 0.1) is 0 Å². The van der Waals surface area contributed by atoms with Gasteiger partial charge in [0.1, 0.15) is 0 Å². The van der Waals surface area contributed by atoms with Crippen molar-refractivity contribution in [1.29, 1.82) is 0 Å². The van der Waals surface area contributed by atoms with Crippen molar-refractivity contribution in [2.45, 2.75) is 31.7 Å². The minimum absolute atomic E-state index is 0.263. The molecular formula is C16H23BrN2O2. The normalized spacial score (nSPS) is 20.9. The van der Waals surface area contributed by atoms with Gasteiger partial charge >= 0.3 is 0 Å². The van der Waals surface area contributed by atoms with Gasteiger partial charge in [-0.25, -0.2) is 0 Å². The second-order valence-electron chi connectivity index (χ2n) is 5.73. The predicted octanol–water partition coefficient (Wildman–Crippen LogP) is 3.10. The first-order valence-corrected chi connectivity index (χ1v) is 8.62. The number of benzene rings is 1. The fourth-order valence-electron chi connectivity index (χ4n) is 3.17. The van der Waals surface area contributed by atoms with Crippen LogP contribution < -0.4 is 15.2 Å². The van der Waals surface area contributed by atoms with E-state index in [0.717, 1.165) is 35.5 Å². The largest absolute Gasteiger partial charge is 0.490 e. The van der Waals surface area contributed by atoms with E-state index in [0.29, 0.717) is 19.8 Å². The van der Waals surface area contributed by atoms with Gasteiger partial charge in [0.25, 0.3) is 0 Å². The van der Waals surface area contributed by atoms with Crippen molar-refractivity contribution in [3.63, 3.8) is 0 Å². The molecule has 1 unspecified atom stereocenters. The van der Waals surface area contributed by atoms with E-state index in [-0.39, 0.29) is 6.04 Å². The SMILES string of the molecule is NCC(c1cc(Br)c2c(c1)OCCCO2)N1CCCCC1. The molecule has 2 N–H and O–H groups in total. The molecule has 1 atom stereocenters. The fraction of sp³-hybridized carbons (Fsp3) is 0.625. The van der Waals surface area contributed by atoms with Gasteiger partial charge in [0.15, 0.2) is 11.5 Å². The lowest BCUT2D eigenvalue weighted by Gasteiger charge is -2.34. The third-order valence-electron chi connectivity index (χ3n) is 4.26. The van der Waals surface area contributed by atoms with E-state index in [1.807, 2.05) is 0 Å². The number of nitrogens with zero attached hydrogens (tertiary/aromatic N) is 1. The van der Waals surface area contributed by atoms with Crippen molar-refractivity contribution in [3.05, 3.63) is 22.2 Å². The van der Waals surface area contributed by atoms with E-state index in [1.165, 1.54) is 24.8 Å². The highest BCUT2D eigenvalue weighted by Crippen LogP contribution is 2.40.